The minimum absolute atomic E-state index is 0.0212. The molecule has 12 rings (SSSR count). The molecule has 288 valence electrons. The Balaban J connectivity index is 0.957. The number of fused-ring (bicyclic) bond motifs is 3. The van der Waals surface area contributed by atoms with Gasteiger partial charge < -0.3 is 14.2 Å². The molecule has 8 fully saturated rings. The van der Waals surface area contributed by atoms with Crippen LogP contribution >= 0.6 is 10.5 Å². The summed E-state index contributed by atoms with van der Waals surface area (Å²) in [5.41, 5.74) is 0.0563. The number of methoxy groups -OCH3 is 1. The number of Topliss-reactive ketones (excluding diaryl/α,β-unsaturated/α-hetero) is 1. The Morgan fingerprint density at radius 3 is 1.78 bits per heavy atom. The molecule has 0 spiro atoms. The van der Waals surface area contributed by atoms with Crippen molar-refractivity contribution in [2.45, 2.75) is 102 Å². The summed E-state index contributed by atoms with van der Waals surface area (Å²) < 4.78 is 21.0. The highest BCUT2D eigenvalue weighted by atomic mass is 32.2. The van der Waals surface area contributed by atoms with Gasteiger partial charge in [0.05, 0.1) is 19.4 Å². The molecule has 4 aromatic rings. The van der Waals surface area contributed by atoms with E-state index < -0.39 is 28.0 Å². The Morgan fingerprint density at radius 2 is 1.24 bits per heavy atom. The lowest BCUT2D eigenvalue weighted by Gasteiger charge is -2.60. The summed E-state index contributed by atoms with van der Waals surface area (Å²) >= 11 is 0. The Bertz CT molecular complexity index is 2070. The van der Waals surface area contributed by atoms with Crippen LogP contribution in [0.2, 0.25) is 0 Å². The lowest BCUT2D eigenvalue weighted by Crippen LogP contribution is -2.58. The minimum atomic E-state index is -0.982. The molecule has 1 aromatic heterocycles. The van der Waals surface area contributed by atoms with Crippen LogP contribution in [0.5, 0.6) is 5.75 Å². The Morgan fingerprint density at radius 1 is 0.709 bits per heavy atom. The number of esters is 2. The maximum Gasteiger partial charge on any atom is 0.314 e. The fourth-order valence-corrected chi connectivity index (χ4v) is 16.0. The SMILES string of the molecule is COc1ccc(-[s+]2c3ccccc3c3ccccc32)cc1C(CC(=O)OC1(C)C2CC3CC(C2)CC1C3)C(=O)OCC(=O)CC1(C)C2CC3CC(C2)CC1C3. The summed E-state index contributed by atoms with van der Waals surface area (Å²) in [4.78, 5) is 43.5. The number of carbonyl (C=O) groups excluding carboxylic acids is 3. The highest BCUT2D eigenvalue weighted by Crippen LogP contribution is 2.64. The summed E-state index contributed by atoms with van der Waals surface area (Å²) in [6.07, 6.45) is 12.4. The molecule has 8 aliphatic rings. The number of ketones is 1. The van der Waals surface area contributed by atoms with E-state index in [2.05, 4.69) is 68.4 Å². The molecule has 1 heterocycles. The van der Waals surface area contributed by atoms with Crippen LogP contribution in [0.3, 0.4) is 0 Å². The maximum atomic E-state index is 14.5. The van der Waals surface area contributed by atoms with Gasteiger partial charge in [-0.1, -0.05) is 31.2 Å². The highest BCUT2D eigenvalue weighted by Gasteiger charge is 2.58. The molecular formula is C48H55O6S+. The lowest BCUT2D eigenvalue weighted by molar-refractivity contribution is -0.204. The van der Waals surface area contributed by atoms with E-state index in [1.165, 1.54) is 58.7 Å². The number of carbonyl (C=O) groups is 3. The molecule has 8 aliphatic carbocycles. The predicted octanol–water partition coefficient (Wildman–Crippen LogP) is 10.9. The second kappa shape index (κ2) is 13.5. The van der Waals surface area contributed by atoms with Crippen LogP contribution in [0.1, 0.15) is 102 Å². The molecule has 55 heavy (non-hydrogen) atoms. The van der Waals surface area contributed by atoms with Crippen LogP contribution in [0.4, 0.5) is 0 Å². The largest absolute Gasteiger partial charge is 0.496 e. The number of thiophene rings is 1. The number of hydrogen-bond donors (Lipinski definition) is 0. The van der Waals surface area contributed by atoms with Gasteiger partial charge in [0.2, 0.25) is 0 Å². The maximum absolute atomic E-state index is 14.5. The first kappa shape index (κ1) is 35.7. The van der Waals surface area contributed by atoms with Gasteiger partial charge in [0, 0.05) is 45.4 Å². The van der Waals surface area contributed by atoms with Crippen LogP contribution < -0.4 is 4.74 Å². The van der Waals surface area contributed by atoms with Gasteiger partial charge in [-0.15, -0.1) is 0 Å². The van der Waals surface area contributed by atoms with Crippen molar-refractivity contribution in [1.82, 2.24) is 0 Å². The average molecular weight is 760 g/mol. The fourth-order valence-electron chi connectivity index (χ4n) is 13.6. The Hall–Kier alpha value is -3.71. The van der Waals surface area contributed by atoms with Gasteiger partial charge >= 0.3 is 11.9 Å². The number of hydrogen-bond acceptors (Lipinski definition) is 6. The van der Waals surface area contributed by atoms with Crippen molar-refractivity contribution in [3.63, 3.8) is 0 Å². The third kappa shape index (κ3) is 5.96. The first-order valence-electron chi connectivity index (χ1n) is 21.1. The molecular weight excluding hydrogens is 705 g/mol. The van der Waals surface area contributed by atoms with Crippen LogP contribution in [0.15, 0.2) is 66.7 Å². The van der Waals surface area contributed by atoms with Gasteiger partial charge in [0.1, 0.15) is 18.0 Å². The highest BCUT2D eigenvalue weighted by molar-refractivity contribution is 7.50. The van der Waals surface area contributed by atoms with Gasteiger partial charge in [0.15, 0.2) is 20.1 Å². The van der Waals surface area contributed by atoms with Crippen molar-refractivity contribution in [2.75, 3.05) is 13.7 Å². The minimum Gasteiger partial charge on any atom is -0.496 e. The number of ether oxygens (including phenoxy) is 3. The monoisotopic (exact) mass is 759 g/mol. The van der Waals surface area contributed by atoms with Crippen molar-refractivity contribution < 1.29 is 28.6 Å². The third-order valence-electron chi connectivity index (χ3n) is 16.0. The molecule has 0 radical (unpaired) electrons. The summed E-state index contributed by atoms with van der Waals surface area (Å²) in [5, 5.41) is 2.43. The van der Waals surface area contributed by atoms with Crippen molar-refractivity contribution in [3.05, 3.63) is 72.3 Å². The topological polar surface area (TPSA) is 78.9 Å². The second-order valence-corrected chi connectivity index (χ2v) is 21.0. The summed E-state index contributed by atoms with van der Waals surface area (Å²) in [5.74, 6) is 3.60. The molecule has 1 unspecified atom stereocenters. The Kier molecular flexibility index (Phi) is 8.73. The number of rotatable bonds is 11. The fraction of sp³-hybridized carbons (Fsp3) is 0.562. The summed E-state index contributed by atoms with van der Waals surface area (Å²) in [7, 11) is 1.19. The van der Waals surface area contributed by atoms with E-state index in [1.807, 2.05) is 12.1 Å². The van der Waals surface area contributed by atoms with Crippen molar-refractivity contribution in [2.24, 2.45) is 52.8 Å². The standard InChI is InChI=1S/C48H55O6S/c1-47(32-16-28-14-29(18-32)19-33(47)17-28)26-36(49)27-53-46(51)41(25-45(50)54-48(2)34-20-30-15-31(22-34)23-35(48)21-30)40-24-37(12-13-42(40)52-3)55-43-10-6-4-8-38(43)39-9-5-7-11-44(39)55/h4-13,24,28-35,41H,14-23,25-27H2,1-3H3/q+1. The molecule has 0 saturated heterocycles. The molecule has 8 saturated carbocycles. The lowest BCUT2D eigenvalue weighted by atomic mass is 9.45. The molecule has 0 amide bonds. The predicted molar refractivity (Wildman–Crippen MR) is 216 cm³/mol. The van der Waals surface area contributed by atoms with Crippen molar-refractivity contribution >= 4 is 48.4 Å². The van der Waals surface area contributed by atoms with E-state index in [0.29, 0.717) is 41.4 Å². The van der Waals surface area contributed by atoms with Crippen molar-refractivity contribution in [3.8, 4) is 10.6 Å². The van der Waals surface area contributed by atoms with Crippen LogP contribution in [0, 0.1) is 52.8 Å². The van der Waals surface area contributed by atoms with Gasteiger partial charge in [-0.3, -0.25) is 14.4 Å². The zero-order chi connectivity index (χ0) is 37.6. The number of benzene rings is 3. The van der Waals surface area contributed by atoms with Crippen LogP contribution in [-0.4, -0.2) is 37.0 Å². The first-order valence-corrected chi connectivity index (χ1v) is 22.3. The summed E-state index contributed by atoms with van der Waals surface area (Å²) in [6, 6.07) is 23.1. The summed E-state index contributed by atoms with van der Waals surface area (Å²) in [6.45, 7) is 4.19. The average Bonchev–Trinajstić information content (AvgIpc) is 3.51. The van der Waals surface area contributed by atoms with Crippen LogP contribution in [-0.2, 0) is 23.9 Å². The normalized spacial score (nSPS) is 34.6. The Labute approximate surface area is 327 Å². The smallest absolute Gasteiger partial charge is 0.314 e. The molecule has 7 heteroatoms. The van der Waals surface area contributed by atoms with Crippen LogP contribution in [0.25, 0.3) is 25.1 Å². The van der Waals surface area contributed by atoms with E-state index in [0.717, 1.165) is 54.3 Å². The zero-order valence-corrected chi connectivity index (χ0v) is 33.4. The molecule has 6 nitrogen and oxygen atoms in total. The van der Waals surface area contributed by atoms with E-state index in [-0.39, 0.29) is 30.2 Å². The van der Waals surface area contributed by atoms with E-state index in [9.17, 15) is 14.4 Å². The van der Waals surface area contributed by atoms with E-state index >= 15 is 0 Å². The second-order valence-electron chi connectivity index (χ2n) is 19.1. The zero-order valence-electron chi connectivity index (χ0n) is 32.6. The van der Waals surface area contributed by atoms with E-state index in [4.69, 9.17) is 14.2 Å². The van der Waals surface area contributed by atoms with Gasteiger partial charge in [-0.25, -0.2) is 0 Å². The third-order valence-corrected chi connectivity index (χ3v) is 18.3. The van der Waals surface area contributed by atoms with Gasteiger partial charge in [0.25, 0.3) is 0 Å². The quantitative estimate of drug-likeness (QED) is 0.112. The van der Waals surface area contributed by atoms with Gasteiger partial charge in [-0.2, -0.15) is 0 Å². The molecule has 1 atom stereocenters. The first-order chi connectivity index (χ1) is 26.6. The van der Waals surface area contributed by atoms with Gasteiger partial charge in [-0.05, 0) is 154 Å². The molecule has 8 bridgehead atoms. The van der Waals surface area contributed by atoms with E-state index in [1.54, 1.807) is 7.11 Å². The molecule has 0 N–H and O–H groups in total. The van der Waals surface area contributed by atoms with Crippen molar-refractivity contribution in [1.29, 1.82) is 0 Å². The molecule has 3 aromatic carbocycles. The molecule has 0 aliphatic heterocycles.